The molecule has 0 aliphatic heterocycles. The third kappa shape index (κ3) is 10.3. The van der Waals surface area contributed by atoms with Crippen LogP contribution in [0, 0.1) is 0 Å². The van der Waals surface area contributed by atoms with Crippen LogP contribution in [0.2, 0.25) is 0 Å². The lowest BCUT2D eigenvalue weighted by molar-refractivity contribution is 0.0256. The Morgan fingerprint density at radius 2 is 2.00 bits per heavy atom. The Labute approximate surface area is 134 Å². The Bertz CT molecular complexity index is 353. The van der Waals surface area contributed by atoms with Crippen molar-refractivity contribution in [3.8, 4) is 0 Å². The maximum absolute atomic E-state index is 12.1. The number of methoxy groups -OCH3 is 1. The number of nitrogens with two attached hydrogens (primary N) is 1. The standard InChI is InChI=1S/C15H32N4O3/c1-7-9-19(14(20)22-15(3,4)5)10-8-17-13(16)18-12(2)11-21-6/h12H,7-11H2,1-6H3,(H3,16,17,18). The number of rotatable bonds is 8. The Kier molecular flexibility index (Phi) is 9.56. The zero-order chi connectivity index (χ0) is 17.2. The van der Waals surface area contributed by atoms with Gasteiger partial charge in [0.15, 0.2) is 5.96 Å². The van der Waals surface area contributed by atoms with E-state index in [9.17, 15) is 4.79 Å². The highest BCUT2D eigenvalue weighted by Gasteiger charge is 2.21. The first-order valence-electron chi connectivity index (χ1n) is 7.73. The molecule has 0 aromatic heterocycles. The molecule has 7 nitrogen and oxygen atoms in total. The molecule has 0 aromatic carbocycles. The second-order valence-corrected chi connectivity index (χ2v) is 6.24. The number of aliphatic imine (C=N–C) groups is 1. The zero-order valence-electron chi connectivity index (χ0n) is 14.8. The molecule has 0 radical (unpaired) electrons. The van der Waals surface area contributed by atoms with Gasteiger partial charge in [-0.25, -0.2) is 4.79 Å². The number of nitrogens with one attached hydrogen (secondary N) is 1. The molecule has 0 saturated carbocycles. The SMILES string of the molecule is CCCN(CCN=C(N)NC(C)COC)C(=O)OC(C)(C)C. The number of guanidine groups is 1. The summed E-state index contributed by atoms with van der Waals surface area (Å²) in [5, 5.41) is 3.02. The van der Waals surface area contributed by atoms with Gasteiger partial charge in [-0.2, -0.15) is 0 Å². The van der Waals surface area contributed by atoms with E-state index in [2.05, 4.69) is 10.3 Å². The predicted octanol–water partition coefficient (Wildman–Crippen LogP) is 1.57. The van der Waals surface area contributed by atoms with Gasteiger partial charge in [0.05, 0.1) is 13.2 Å². The van der Waals surface area contributed by atoms with Gasteiger partial charge < -0.3 is 25.4 Å². The average molecular weight is 316 g/mol. The first kappa shape index (κ1) is 20.5. The first-order valence-corrected chi connectivity index (χ1v) is 7.73. The van der Waals surface area contributed by atoms with Crippen molar-refractivity contribution in [3.05, 3.63) is 0 Å². The summed E-state index contributed by atoms with van der Waals surface area (Å²) in [5.74, 6) is 0.352. The van der Waals surface area contributed by atoms with Crippen LogP contribution in [0.25, 0.3) is 0 Å². The van der Waals surface area contributed by atoms with Gasteiger partial charge in [0.25, 0.3) is 0 Å². The van der Waals surface area contributed by atoms with E-state index in [0.717, 1.165) is 6.42 Å². The highest BCUT2D eigenvalue weighted by Crippen LogP contribution is 2.10. The van der Waals surface area contributed by atoms with Crippen molar-refractivity contribution in [2.75, 3.05) is 33.4 Å². The van der Waals surface area contributed by atoms with Gasteiger partial charge in [-0.3, -0.25) is 4.99 Å². The quantitative estimate of drug-likeness (QED) is 0.524. The van der Waals surface area contributed by atoms with Crippen molar-refractivity contribution in [1.29, 1.82) is 0 Å². The number of carbonyl (C=O) groups excluding carboxylic acids is 1. The maximum atomic E-state index is 12.1. The lowest BCUT2D eigenvalue weighted by Crippen LogP contribution is -2.42. The fraction of sp³-hybridized carbons (Fsp3) is 0.867. The molecule has 0 saturated heterocycles. The van der Waals surface area contributed by atoms with E-state index < -0.39 is 5.60 Å². The van der Waals surface area contributed by atoms with E-state index >= 15 is 0 Å². The number of ether oxygens (including phenoxy) is 2. The third-order valence-corrected chi connectivity index (χ3v) is 2.61. The minimum atomic E-state index is -0.498. The van der Waals surface area contributed by atoms with Crippen LogP contribution in [0.1, 0.15) is 41.0 Å². The molecule has 0 aliphatic rings. The van der Waals surface area contributed by atoms with Gasteiger partial charge in [-0.15, -0.1) is 0 Å². The molecule has 0 aliphatic carbocycles. The highest BCUT2D eigenvalue weighted by molar-refractivity contribution is 5.78. The number of nitrogens with zero attached hydrogens (tertiary/aromatic N) is 2. The van der Waals surface area contributed by atoms with E-state index in [1.54, 1.807) is 12.0 Å². The van der Waals surface area contributed by atoms with E-state index in [-0.39, 0.29) is 12.1 Å². The molecule has 3 N–H and O–H groups in total. The first-order chi connectivity index (χ1) is 10.2. The molecule has 0 aromatic rings. The third-order valence-electron chi connectivity index (χ3n) is 2.61. The lowest BCUT2D eigenvalue weighted by Gasteiger charge is -2.26. The number of hydrogen-bond donors (Lipinski definition) is 2. The van der Waals surface area contributed by atoms with E-state index in [4.69, 9.17) is 15.2 Å². The van der Waals surface area contributed by atoms with Gasteiger partial charge in [0, 0.05) is 26.2 Å². The predicted molar refractivity (Wildman–Crippen MR) is 89.1 cm³/mol. The molecule has 130 valence electrons. The molecule has 0 fully saturated rings. The summed E-state index contributed by atoms with van der Waals surface area (Å²) in [6, 6.07) is 0.0892. The number of amides is 1. The molecule has 0 heterocycles. The van der Waals surface area contributed by atoms with Crippen LogP contribution >= 0.6 is 0 Å². The van der Waals surface area contributed by atoms with Crippen LogP contribution in [0.5, 0.6) is 0 Å². The minimum Gasteiger partial charge on any atom is -0.444 e. The van der Waals surface area contributed by atoms with Gasteiger partial charge in [0.1, 0.15) is 5.60 Å². The van der Waals surface area contributed by atoms with Gasteiger partial charge in [-0.1, -0.05) is 6.92 Å². The summed E-state index contributed by atoms with van der Waals surface area (Å²) in [6.07, 6.45) is 0.547. The van der Waals surface area contributed by atoms with Gasteiger partial charge in [-0.05, 0) is 34.1 Å². The monoisotopic (exact) mass is 316 g/mol. The molecule has 22 heavy (non-hydrogen) atoms. The van der Waals surface area contributed by atoms with Crippen LogP contribution < -0.4 is 11.1 Å². The van der Waals surface area contributed by atoms with Gasteiger partial charge >= 0.3 is 6.09 Å². The Morgan fingerprint density at radius 3 is 2.50 bits per heavy atom. The van der Waals surface area contributed by atoms with Crippen LogP contribution in [0.15, 0.2) is 4.99 Å². The van der Waals surface area contributed by atoms with Gasteiger partial charge in [0.2, 0.25) is 0 Å². The topological polar surface area (TPSA) is 89.2 Å². The Balaban J connectivity index is 4.37. The smallest absolute Gasteiger partial charge is 0.410 e. The minimum absolute atomic E-state index is 0.0892. The van der Waals surface area contributed by atoms with Crippen molar-refractivity contribution in [2.24, 2.45) is 10.7 Å². The van der Waals surface area contributed by atoms with E-state index in [1.807, 2.05) is 34.6 Å². The fourth-order valence-electron chi connectivity index (χ4n) is 1.77. The van der Waals surface area contributed by atoms with Crippen molar-refractivity contribution < 1.29 is 14.3 Å². The zero-order valence-corrected chi connectivity index (χ0v) is 14.8. The lowest BCUT2D eigenvalue weighted by atomic mass is 10.2. The van der Waals surface area contributed by atoms with E-state index in [1.165, 1.54) is 0 Å². The molecular weight excluding hydrogens is 284 g/mol. The van der Waals surface area contributed by atoms with Crippen molar-refractivity contribution in [3.63, 3.8) is 0 Å². The summed E-state index contributed by atoms with van der Waals surface area (Å²) in [5.41, 5.74) is 5.29. The Morgan fingerprint density at radius 1 is 1.36 bits per heavy atom. The second-order valence-electron chi connectivity index (χ2n) is 6.24. The summed E-state index contributed by atoms with van der Waals surface area (Å²) in [7, 11) is 1.63. The number of hydrogen-bond acceptors (Lipinski definition) is 4. The molecule has 0 spiro atoms. The Hall–Kier alpha value is -1.50. The summed E-state index contributed by atoms with van der Waals surface area (Å²) in [4.78, 5) is 18.0. The summed E-state index contributed by atoms with van der Waals surface area (Å²) >= 11 is 0. The molecule has 0 rings (SSSR count). The van der Waals surface area contributed by atoms with Crippen molar-refractivity contribution >= 4 is 12.1 Å². The van der Waals surface area contributed by atoms with E-state index in [0.29, 0.717) is 32.2 Å². The molecule has 0 bridgehead atoms. The van der Waals surface area contributed by atoms with Crippen molar-refractivity contribution in [1.82, 2.24) is 10.2 Å². The molecule has 1 unspecified atom stereocenters. The molecular formula is C15H32N4O3. The fourth-order valence-corrected chi connectivity index (χ4v) is 1.77. The largest absolute Gasteiger partial charge is 0.444 e. The molecule has 1 atom stereocenters. The maximum Gasteiger partial charge on any atom is 0.410 e. The second kappa shape index (κ2) is 10.3. The van der Waals surface area contributed by atoms with Crippen LogP contribution in [-0.2, 0) is 9.47 Å². The molecule has 7 heteroatoms. The summed E-state index contributed by atoms with van der Waals surface area (Å²) < 4.78 is 10.4. The normalized spacial score (nSPS) is 13.6. The average Bonchev–Trinajstić information content (AvgIpc) is 2.35. The summed E-state index contributed by atoms with van der Waals surface area (Å²) in [6.45, 7) is 11.6. The molecule has 1 amide bonds. The van der Waals surface area contributed by atoms with Crippen LogP contribution in [-0.4, -0.2) is 61.9 Å². The highest BCUT2D eigenvalue weighted by atomic mass is 16.6. The van der Waals surface area contributed by atoms with Crippen molar-refractivity contribution in [2.45, 2.75) is 52.7 Å². The van der Waals surface area contributed by atoms with Crippen LogP contribution in [0.4, 0.5) is 4.79 Å². The number of carbonyl (C=O) groups is 1. The van der Waals surface area contributed by atoms with Crippen LogP contribution in [0.3, 0.4) is 0 Å².